The molecular formula is C16H18ClN. The Hall–Kier alpha value is -1.31. The van der Waals surface area contributed by atoms with Crippen molar-refractivity contribution in [2.24, 2.45) is 5.73 Å². The molecule has 18 heavy (non-hydrogen) atoms. The second-order valence-electron chi connectivity index (χ2n) is 4.91. The van der Waals surface area contributed by atoms with Crippen LogP contribution in [0, 0.1) is 20.8 Å². The van der Waals surface area contributed by atoms with Gasteiger partial charge in [-0.05, 0) is 43.5 Å². The minimum atomic E-state index is -0.0976. The molecule has 2 rings (SSSR count). The minimum absolute atomic E-state index is 0.0976. The Balaban J connectivity index is 2.40. The highest BCUT2D eigenvalue weighted by Gasteiger charge is 2.10. The van der Waals surface area contributed by atoms with Crippen LogP contribution < -0.4 is 5.73 Å². The number of halogens is 1. The van der Waals surface area contributed by atoms with Gasteiger partial charge in [-0.15, -0.1) is 0 Å². The fourth-order valence-corrected chi connectivity index (χ4v) is 2.36. The quantitative estimate of drug-likeness (QED) is 0.854. The lowest BCUT2D eigenvalue weighted by molar-refractivity contribution is 0.866. The van der Waals surface area contributed by atoms with E-state index in [-0.39, 0.29) is 6.04 Å². The molecule has 94 valence electrons. The first-order valence-corrected chi connectivity index (χ1v) is 6.45. The zero-order valence-electron chi connectivity index (χ0n) is 11.0. The van der Waals surface area contributed by atoms with Crippen LogP contribution in [0.4, 0.5) is 0 Å². The summed E-state index contributed by atoms with van der Waals surface area (Å²) in [6, 6.07) is 12.3. The van der Waals surface area contributed by atoms with Crippen molar-refractivity contribution in [1.29, 1.82) is 0 Å². The van der Waals surface area contributed by atoms with Crippen molar-refractivity contribution in [1.82, 2.24) is 0 Å². The number of hydrogen-bond acceptors (Lipinski definition) is 1. The molecule has 0 saturated heterocycles. The van der Waals surface area contributed by atoms with E-state index in [1.165, 1.54) is 11.1 Å². The second-order valence-corrected chi connectivity index (χ2v) is 5.31. The molecular weight excluding hydrogens is 242 g/mol. The molecule has 1 atom stereocenters. The van der Waals surface area contributed by atoms with Crippen molar-refractivity contribution in [3.8, 4) is 0 Å². The zero-order chi connectivity index (χ0) is 13.3. The predicted octanol–water partition coefficient (Wildman–Crippen LogP) is 4.31. The van der Waals surface area contributed by atoms with Crippen LogP contribution in [0.5, 0.6) is 0 Å². The van der Waals surface area contributed by atoms with Crippen LogP contribution in [0.15, 0.2) is 36.4 Å². The topological polar surface area (TPSA) is 26.0 Å². The molecule has 0 amide bonds. The Kier molecular flexibility index (Phi) is 3.74. The predicted molar refractivity (Wildman–Crippen MR) is 78.1 cm³/mol. The highest BCUT2D eigenvalue weighted by Crippen LogP contribution is 2.25. The summed E-state index contributed by atoms with van der Waals surface area (Å²) in [6.45, 7) is 6.19. The summed E-state index contributed by atoms with van der Waals surface area (Å²) in [5.41, 5.74) is 12.1. The van der Waals surface area contributed by atoms with Crippen molar-refractivity contribution < 1.29 is 0 Å². The maximum Gasteiger partial charge on any atom is 0.0551 e. The lowest BCUT2D eigenvalue weighted by Gasteiger charge is -2.15. The molecule has 0 saturated carbocycles. The van der Waals surface area contributed by atoms with Gasteiger partial charge in [0.1, 0.15) is 0 Å². The monoisotopic (exact) mass is 259 g/mol. The fourth-order valence-electron chi connectivity index (χ4n) is 2.24. The van der Waals surface area contributed by atoms with Crippen molar-refractivity contribution in [2.45, 2.75) is 26.8 Å². The molecule has 0 aliphatic heterocycles. The number of nitrogens with two attached hydrogens (primary N) is 1. The largest absolute Gasteiger partial charge is 0.320 e. The molecule has 0 aromatic heterocycles. The smallest absolute Gasteiger partial charge is 0.0551 e. The lowest BCUT2D eigenvalue weighted by atomic mass is 9.95. The van der Waals surface area contributed by atoms with Gasteiger partial charge in [0.15, 0.2) is 0 Å². The third-order valence-corrected chi connectivity index (χ3v) is 3.57. The molecule has 1 unspecified atom stereocenters. The Morgan fingerprint density at radius 2 is 1.50 bits per heavy atom. The zero-order valence-corrected chi connectivity index (χ0v) is 11.8. The molecule has 0 radical (unpaired) electrons. The molecule has 0 heterocycles. The van der Waals surface area contributed by atoms with Crippen LogP contribution in [0.1, 0.15) is 33.9 Å². The highest BCUT2D eigenvalue weighted by atomic mass is 35.5. The summed E-state index contributed by atoms with van der Waals surface area (Å²) in [5, 5.41) is 0.784. The Morgan fingerprint density at radius 3 is 2.06 bits per heavy atom. The first-order valence-electron chi connectivity index (χ1n) is 6.07. The number of aryl methyl sites for hydroxylation is 3. The molecule has 2 aromatic rings. The van der Waals surface area contributed by atoms with Gasteiger partial charge in [0.25, 0.3) is 0 Å². The van der Waals surface area contributed by atoms with Gasteiger partial charge in [0.05, 0.1) is 6.04 Å². The number of hydrogen-bond donors (Lipinski definition) is 1. The molecule has 0 aliphatic rings. The van der Waals surface area contributed by atoms with Crippen LogP contribution in [-0.2, 0) is 0 Å². The summed E-state index contributed by atoms with van der Waals surface area (Å²) in [5.74, 6) is 0. The van der Waals surface area contributed by atoms with Gasteiger partial charge in [-0.3, -0.25) is 0 Å². The standard InChI is InChI=1S/C16H18ClN/c1-10-6-11(2)8-14(7-10)16(18)13-4-5-15(17)12(3)9-13/h4-9,16H,18H2,1-3H3. The number of rotatable bonds is 2. The van der Waals surface area contributed by atoms with E-state index in [1.54, 1.807) is 0 Å². The van der Waals surface area contributed by atoms with Crippen LogP contribution in [0.3, 0.4) is 0 Å². The van der Waals surface area contributed by atoms with Gasteiger partial charge < -0.3 is 5.73 Å². The summed E-state index contributed by atoms with van der Waals surface area (Å²) >= 11 is 6.04. The second kappa shape index (κ2) is 5.13. The van der Waals surface area contributed by atoms with Crippen LogP contribution in [0.2, 0.25) is 5.02 Å². The van der Waals surface area contributed by atoms with Gasteiger partial charge in [0.2, 0.25) is 0 Å². The Morgan fingerprint density at radius 1 is 0.889 bits per heavy atom. The molecule has 0 fully saturated rings. The summed E-state index contributed by atoms with van der Waals surface area (Å²) in [6.07, 6.45) is 0. The van der Waals surface area contributed by atoms with Crippen molar-refractivity contribution in [3.05, 3.63) is 69.2 Å². The summed E-state index contributed by atoms with van der Waals surface area (Å²) < 4.78 is 0. The average molecular weight is 260 g/mol. The number of benzene rings is 2. The van der Waals surface area contributed by atoms with Gasteiger partial charge in [-0.25, -0.2) is 0 Å². The Bertz CT molecular complexity index is 555. The highest BCUT2D eigenvalue weighted by molar-refractivity contribution is 6.31. The third-order valence-electron chi connectivity index (χ3n) is 3.14. The van der Waals surface area contributed by atoms with E-state index in [9.17, 15) is 0 Å². The van der Waals surface area contributed by atoms with Crippen LogP contribution >= 0.6 is 11.6 Å². The minimum Gasteiger partial charge on any atom is -0.320 e. The summed E-state index contributed by atoms with van der Waals surface area (Å²) in [7, 11) is 0. The fraction of sp³-hybridized carbons (Fsp3) is 0.250. The molecule has 0 bridgehead atoms. The maximum absolute atomic E-state index is 6.33. The molecule has 2 heteroatoms. The van der Waals surface area contributed by atoms with Gasteiger partial charge in [-0.1, -0.05) is 53.1 Å². The van der Waals surface area contributed by atoms with E-state index in [4.69, 9.17) is 17.3 Å². The maximum atomic E-state index is 6.33. The lowest BCUT2D eigenvalue weighted by Crippen LogP contribution is -2.12. The van der Waals surface area contributed by atoms with Crippen molar-refractivity contribution >= 4 is 11.6 Å². The van der Waals surface area contributed by atoms with Gasteiger partial charge in [0, 0.05) is 5.02 Å². The molecule has 1 nitrogen and oxygen atoms in total. The molecule has 2 N–H and O–H groups in total. The van der Waals surface area contributed by atoms with E-state index in [1.807, 2.05) is 19.1 Å². The van der Waals surface area contributed by atoms with E-state index >= 15 is 0 Å². The van der Waals surface area contributed by atoms with Crippen LogP contribution in [0.25, 0.3) is 0 Å². The van der Waals surface area contributed by atoms with E-state index in [2.05, 4.69) is 38.1 Å². The van der Waals surface area contributed by atoms with E-state index in [0.29, 0.717) is 0 Å². The SMILES string of the molecule is Cc1cc(C)cc(C(N)c2ccc(Cl)c(C)c2)c1. The van der Waals surface area contributed by atoms with Crippen LogP contribution in [-0.4, -0.2) is 0 Å². The first-order chi connectivity index (χ1) is 8.47. The van der Waals surface area contributed by atoms with Gasteiger partial charge >= 0.3 is 0 Å². The normalized spacial score (nSPS) is 12.5. The van der Waals surface area contributed by atoms with Gasteiger partial charge in [-0.2, -0.15) is 0 Å². The average Bonchev–Trinajstić information content (AvgIpc) is 2.30. The third kappa shape index (κ3) is 2.74. The molecule has 2 aromatic carbocycles. The first kappa shape index (κ1) is 13.1. The molecule has 0 spiro atoms. The summed E-state index contributed by atoms with van der Waals surface area (Å²) in [4.78, 5) is 0. The molecule has 0 aliphatic carbocycles. The van der Waals surface area contributed by atoms with E-state index in [0.717, 1.165) is 21.7 Å². The van der Waals surface area contributed by atoms with E-state index < -0.39 is 0 Å². The Labute approximate surface area is 114 Å². The van der Waals surface area contributed by atoms with Crippen molar-refractivity contribution in [3.63, 3.8) is 0 Å². The van der Waals surface area contributed by atoms with Crippen molar-refractivity contribution in [2.75, 3.05) is 0 Å².